The zero-order valence-electron chi connectivity index (χ0n) is 30.5. The Morgan fingerprint density at radius 3 is 1.55 bits per heavy atom. The maximum Gasteiger partial charge on any atom is 0.349 e. The van der Waals surface area contributed by atoms with E-state index in [2.05, 4.69) is 66.8 Å². The van der Waals surface area contributed by atoms with E-state index in [1.807, 2.05) is 84.9 Å². The molecule has 0 radical (unpaired) electrons. The average Bonchev–Trinajstić information content (AvgIpc) is 3.04. The topological polar surface area (TPSA) is 80.3 Å². The third kappa shape index (κ3) is 9.61. The molecule has 4 rings (SSSR count). The minimum atomic E-state index is -2.18. The third-order valence-corrected chi connectivity index (χ3v) is 11.7. The maximum absolute atomic E-state index is 12.6. The van der Waals surface area contributed by atoms with Crippen LogP contribution in [0.5, 0.6) is 23.0 Å². The molecule has 0 saturated heterocycles. The fourth-order valence-electron chi connectivity index (χ4n) is 5.92. The molecule has 0 heterocycles. The second kappa shape index (κ2) is 15.0. The first-order valence-corrected chi connectivity index (χ1v) is 19.7. The summed E-state index contributed by atoms with van der Waals surface area (Å²) in [5.41, 5.74) is 3.49. The van der Waals surface area contributed by atoms with Gasteiger partial charge in [-0.2, -0.15) is 0 Å². The predicted molar refractivity (Wildman–Crippen MR) is 196 cm³/mol. The lowest BCUT2D eigenvalue weighted by atomic mass is 9.72. The van der Waals surface area contributed by atoms with Crippen molar-refractivity contribution in [3.8, 4) is 23.0 Å². The van der Waals surface area contributed by atoms with E-state index in [4.69, 9.17) is 23.4 Å². The first-order chi connectivity index (χ1) is 22.9. The molecule has 0 spiro atoms. The Bertz CT molecular complexity index is 1700. The van der Waals surface area contributed by atoms with Gasteiger partial charge in [-0.15, -0.1) is 0 Å². The van der Waals surface area contributed by atoms with Crippen molar-refractivity contribution in [3.63, 3.8) is 0 Å². The monoisotopic (exact) mass is 682 g/mol. The number of methoxy groups -OCH3 is 1. The van der Waals surface area contributed by atoms with Crippen LogP contribution in [0.1, 0.15) is 70.7 Å². The second-order valence-electron chi connectivity index (χ2n) is 14.6. The Labute approximate surface area is 292 Å². The van der Waals surface area contributed by atoms with Crippen LogP contribution < -0.4 is 18.9 Å². The molecule has 260 valence electrons. The van der Waals surface area contributed by atoms with Gasteiger partial charge in [0.25, 0.3) is 0 Å². The van der Waals surface area contributed by atoms with Gasteiger partial charge in [0.05, 0.1) is 12.7 Å². The molecular weight excluding hydrogens is 633 g/mol. The smallest absolute Gasteiger partial charge is 0.349 e. The normalized spacial score (nSPS) is 12.3. The number of ether oxygens (including phenoxy) is 4. The second-order valence-corrected chi connectivity index (χ2v) is 18.7. The van der Waals surface area contributed by atoms with E-state index in [1.165, 1.54) is 6.92 Å². The molecule has 0 aliphatic rings. The lowest BCUT2D eigenvalue weighted by Gasteiger charge is -2.46. The number of esters is 2. The number of hydrogen-bond acceptors (Lipinski definition) is 7. The summed E-state index contributed by atoms with van der Waals surface area (Å²) in [6.07, 6.45) is 0. The highest BCUT2D eigenvalue weighted by molar-refractivity contribution is 6.70. The lowest BCUT2D eigenvalue weighted by molar-refractivity contribution is -0.136. The summed E-state index contributed by atoms with van der Waals surface area (Å²) < 4.78 is 28.7. The van der Waals surface area contributed by atoms with Crippen LogP contribution in [0.4, 0.5) is 0 Å². The number of carbonyl (C=O) groups excluding carboxylic acids is 2. The summed E-state index contributed by atoms with van der Waals surface area (Å²) in [7, 11) is -0.524. The van der Waals surface area contributed by atoms with Gasteiger partial charge in [0.15, 0.2) is 14.9 Å². The molecule has 0 atom stereocenters. The molecule has 0 amide bonds. The first-order valence-electron chi connectivity index (χ1n) is 16.6. The van der Waals surface area contributed by atoms with E-state index >= 15 is 0 Å². The van der Waals surface area contributed by atoms with Crippen LogP contribution in [0.2, 0.25) is 13.1 Å². The van der Waals surface area contributed by atoms with E-state index in [0.717, 1.165) is 34.0 Å². The minimum Gasteiger partial charge on any atom is -0.497 e. The molecule has 0 bridgehead atoms. The van der Waals surface area contributed by atoms with E-state index in [0.29, 0.717) is 17.2 Å². The fourth-order valence-corrected chi connectivity index (χ4v) is 8.85. The molecule has 4 aromatic rings. The molecule has 0 aliphatic carbocycles. The highest BCUT2D eigenvalue weighted by atomic mass is 28.4. The number of carbonyl (C=O) groups is 2. The van der Waals surface area contributed by atoms with Gasteiger partial charge < -0.3 is 23.4 Å². The van der Waals surface area contributed by atoms with E-state index in [9.17, 15) is 9.59 Å². The lowest BCUT2D eigenvalue weighted by Crippen LogP contribution is -2.52. The van der Waals surface area contributed by atoms with Gasteiger partial charge in [0, 0.05) is 17.8 Å². The van der Waals surface area contributed by atoms with Crippen molar-refractivity contribution in [1.29, 1.82) is 0 Å². The summed E-state index contributed by atoms with van der Waals surface area (Å²) in [5.74, 6) is 1.60. The Kier molecular flexibility index (Phi) is 11.5. The van der Waals surface area contributed by atoms with Crippen LogP contribution in [0.15, 0.2) is 97.1 Å². The van der Waals surface area contributed by atoms with E-state index in [-0.39, 0.29) is 23.4 Å². The van der Waals surface area contributed by atoms with Crippen LogP contribution in [0, 0.1) is 0 Å². The average molecular weight is 683 g/mol. The van der Waals surface area contributed by atoms with Gasteiger partial charge in [-0.1, -0.05) is 76.2 Å². The van der Waals surface area contributed by atoms with Crippen LogP contribution in [0.3, 0.4) is 0 Å². The standard InChI is InChI=1S/C41H50O7Si/c1-29(42)46-36-25-17-33(18-26-36)40(4,5)41(6,7)48-49(9,10)28-30-11-19-35(20-12-30)45-27-38(43)47-37-23-15-32(16-24-37)39(2,3)31-13-21-34(44-8)22-14-31/h11-26H,27-28H2,1-10H3. The zero-order valence-corrected chi connectivity index (χ0v) is 31.5. The van der Waals surface area contributed by atoms with Crippen molar-refractivity contribution in [1.82, 2.24) is 0 Å². The van der Waals surface area contributed by atoms with Gasteiger partial charge in [-0.25, -0.2) is 4.79 Å². The molecular formula is C41H50O7Si. The fraction of sp³-hybridized carbons (Fsp3) is 0.366. The highest BCUT2D eigenvalue weighted by Crippen LogP contribution is 2.40. The quantitative estimate of drug-likeness (QED) is 0.0746. The summed E-state index contributed by atoms with van der Waals surface area (Å²) in [6, 6.07) is 31.9. The molecule has 49 heavy (non-hydrogen) atoms. The maximum atomic E-state index is 12.6. The van der Waals surface area contributed by atoms with Crippen molar-refractivity contribution in [2.75, 3.05) is 13.7 Å². The molecule has 0 aromatic heterocycles. The van der Waals surface area contributed by atoms with E-state index < -0.39 is 19.9 Å². The highest BCUT2D eigenvalue weighted by Gasteiger charge is 2.43. The summed E-state index contributed by atoms with van der Waals surface area (Å²) >= 11 is 0. The SMILES string of the molecule is COc1ccc(C(C)(C)c2ccc(OC(=O)COc3ccc(C[Si](C)(C)OC(C)(C)C(C)(C)c4ccc(OC(C)=O)cc4)cc3)cc2)cc1. The van der Waals surface area contributed by atoms with Crippen molar-refractivity contribution in [2.45, 2.75) is 84.0 Å². The Morgan fingerprint density at radius 1 is 0.612 bits per heavy atom. The molecule has 8 heteroatoms. The molecule has 0 fully saturated rings. The molecule has 7 nitrogen and oxygen atoms in total. The molecule has 0 N–H and O–H groups in total. The third-order valence-electron chi connectivity index (χ3n) is 9.40. The summed E-state index contributed by atoms with van der Waals surface area (Å²) in [4.78, 5) is 23.9. The van der Waals surface area contributed by atoms with Gasteiger partial charge in [-0.3, -0.25) is 4.79 Å². The Hall–Kier alpha value is -4.40. The molecule has 0 saturated carbocycles. The molecule has 4 aromatic carbocycles. The van der Waals surface area contributed by atoms with Gasteiger partial charge in [0.2, 0.25) is 0 Å². The zero-order chi connectivity index (χ0) is 36.0. The van der Waals surface area contributed by atoms with Crippen molar-refractivity contribution in [3.05, 3.63) is 119 Å². The van der Waals surface area contributed by atoms with Gasteiger partial charge >= 0.3 is 11.9 Å². The molecule has 0 unspecified atom stereocenters. The van der Waals surface area contributed by atoms with Crippen molar-refractivity contribution in [2.24, 2.45) is 0 Å². The van der Waals surface area contributed by atoms with Crippen LogP contribution in [0.25, 0.3) is 0 Å². The van der Waals surface area contributed by atoms with E-state index in [1.54, 1.807) is 7.11 Å². The number of hydrogen-bond donors (Lipinski definition) is 0. The Morgan fingerprint density at radius 2 is 1.06 bits per heavy atom. The number of benzene rings is 4. The molecule has 0 aliphatic heterocycles. The summed E-state index contributed by atoms with van der Waals surface area (Å²) in [5, 5.41) is 0. The van der Waals surface area contributed by atoms with Crippen LogP contribution in [-0.2, 0) is 30.9 Å². The largest absolute Gasteiger partial charge is 0.497 e. The number of rotatable bonds is 14. The van der Waals surface area contributed by atoms with Crippen molar-refractivity contribution < 1.29 is 33.0 Å². The van der Waals surface area contributed by atoms with Crippen molar-refractivity contribution >= 4 is 20.3 Å². The predicted octanol–water partition coefficient (Wildman–Crippen LogP) is 8.99. The van der Waals surface area contributed by atoms with Crippen LogP contribution >= 0.6 is 0 Å². The first kappa shape index (κ1) is 37.4. The van der Waals surface area contributed by atoms with Gasteiger partial charge in [-0.05, 0) is 104 Å². The Balaban J connectivity index is 1.29. The van der Waals surface area contributed by atoms with Crippen LogP contribution in [-0.4, -0.2) is 39.6 Å². The van der Waals surface area contributed by atoms with Gasteiger partial charge in [0.1, 0.15) is 23.0 Å². The minimum absolute atomic E-state index is 0.201. The summed E-state index contributed by atoms with van der Waals surface area (Å²) in [6.45, 7) is 18.6.